The second-order valence-electron chi connectivity index (χ2n) is 5.93. The van der Waals surface area contributed by atoms with Crippen LogP contribution in [0.4, 0.5) is 5.69 Å². The van der Waals surface area contributed by atoms with E-state index < -0.39 is 5.54 Å². The van der Waals surface area contributed by atoms with Crippen LogP contribution in [0.2, 0.25) is 0 Å². The van der Waals surface area contributed by atoms with Gasteiger partial charge in [-0.05, 0) is 43.4 Å². The van der Waals surface area contributed by atoms with Crippen LogP contribution >= 0.6 is 24.2 Å². The number of nitrogens with two attached hydrogens (primary N) is 1. The SMILES string of the molecule is Cl.NC1(C(=O)Nc2cccc(CSC3CCOCC3)c2)CC1. The van der Waals surface area contributed by atoms with Crippen LogP contribution in [0.3, 0.4) is 0 Å². The van der Waals surface area contributed by atoms with Gasteiger partial charge in [0.15, 0.2) is 0 Å². The highest BCUT2D eigenvalue weighted by Crippen LogP contribution is 2.33. The molecule has 1 aromatic rings. The van der Waals surface area contributed by atoms with E-state index >= 15 is 0 Å². The van der Waals surface area contributed by atoms with Gasteiger partial charge in [0, 0.05) is 29.9 Å². The fourth-order valence-electron chi connectivity index (χ4n) is 2.41. The number of hydrogen-bond acceptors (Lipinski definition) is 4. The van der Waals surface area contributed by atoms with Crippen molar-refractivity contribution in [2.75, 3.05) is 18.5 Å². The first-order chi connectivity index (χ1) is 10.2. The molecule has 3 N–H and O–H groups in total. The third kappa shape index (κ3) is 4.62. The lowest BCUT2D eigenvalue weighted by Crippen LogP contribution is -2.37. The van der Waals surface area contributed by atoms with Crippen molar-refractivity contribution in [3.63, 3.8) is 0 Å². The van der Waals surface area contributed by atoms with Crippen molar-refractivity contribution < 1.29 is 9.53 Å². The number of amides is 1. The van der Waals surface area contributed by atoms with Gasteiger partial charge in [0.05, 0.1) is 5.54 Å². The summed E-state index contributed by atoms with van der Waals surface area (Å²) in [7, 11) is 0. The molecule has 3 rings (SSSR count). The third-order valence-electron chi connectivity index (χ3n) is 4.08. The van der Waals surface area contributed by atoms with E-state index in [4.69, 9.17) is 10.5 Å². The van der Waals surface area contributed by atoms with E-state index in [1.165, 1.54) is 5.56 Å². The number of rotatable bonds is 5. The van der Waals surface area contributed by atoms with Crippen molar-refractivity contribution in [2.24, 2.45) is 5.73 Å². The predicted octanol–water partition coefficient (Wildman–Crippen LogP) is 2.95. The minimum Gasteiger partial charge on any atom is -0.381 e. The minimum absolute atomic E-state index is 0. The summed E-state index contributed by atoms with van der Waals surface area (Å²) in [5.41, 5.74) is 7.38. The first-order valence-corrected chi connectivity index (χ1v) is 8.59. The molecule has 0 radical (unpaired) electrons. The first kappa shape index (κ1) is 17.6. The molecule has 1 amide bonds. The van der Waals surface area contributed by atoms with E-state index in [0.29, 0.717) is 5.25 Å². The molecule has 1 aliphatic carbocycles. The number of hydrogen-bond donors (Lipinski definition) is 2. The molecule has 0 spiro atoms. The topological polar surface area (TPSA) is 64.4 Å². The minimum atomic E-state index is -0.618. The monoisotopic (exact) mass is 342 g/mol. The number of carbonyl (C=O) groups is 1. The number of carbonyl (C=O) groups excluding carboxylic acids is 1. The van der Waals surface area contributed by atoms with Crippen LogP contribution in [-0.2, 0) is 15.3 Å². The summed E-state index contributed by atoms with van der Waals surface area (Å²) in [6.07, 6.45) is 3.85. The fraction of sp³-hybridized carbons (Fsp3) is 0.562. The second-order valence-corrected chi connectivity index (χ2v) is 7.22. The molecule has 122 valence electrons. The highest BCUT2D eigenvalue weighted by molar-refractivity contribution is 7.99. The summed E-state index contributed by atoms with van der Waals surface area (Å²) < 4.78 is 5.38. The average Bonchev–Trinajstić information content (AvgIpc) is 3.26. The van der Waals surface area contributed by atoms with Gasteiger partial charge < -0.3 is 15.8 Å². The summed E-state index contributed by atoms with van der Waals surface area (Å²) in [4.78, 5) is 12.0. The summed E-state index contributed by atoms with van der Waals surface area (Å²) in [6.45, 7) is 1.76. The quantitative estimate of drug-likeness (QED) is 0.863. The highest BCUT2D eigenvalue weighted by Gasteiger charge is 2.45. The Labute approximate surface area is 142 Å². The lowest BCUT2D eigenvalue weighted by Gasteiger charge is -2.21. The molecule has 1 aliphatic heterocycles. The molecule has 1 heterocycles. The smallest absolute Gasteiger partial charge is 0.244 e. The van der Waals surface area contributed by atoms with Crippen molar-refractivity contribution in [3.8, 4) is 0 Å². The predicted molar refractivity (Wildman–Crippen MR) is 93.6 cm³/mol. The van der Waals surface area contributed by atoms with Crippen LogP contribution in [0, 0.1) is 0 Å². The van der Waals surface area contributed by atoms with E-state index in [1.54, 1.807) is 0 Å². The highest BCUT2D eigenvalue weighted by atomic mass is 35.5. The van der Waals surface area contributed by atoms with Crippen molar-refractivity contribution in [3.05, 3.63) is 29.8 Å². The summed E-state index contributed by atoms with van der Waals surface area (Å²) in [5.74, 6) is 0.916. The maximum absolute atomic E-state index is 12.0. The van der Waals surface area contributed by atoms with Gasteiger partial charge in [0.25, 0.3) is 0 Å². The Morgan fingerprint density at radius 3 is 2.77 bits per heavy atom. The fourth-order valence-corrected chi connectivity index (χ4v) is 3.55. The first-order valence-electron chi connectivity index (χ1n) is 7.54. The van der Waals surface area contributed by atoms with Crippen LogP contribution in [0.15, 0.2) is 24.3 Å². The standard InChI is InChI=1S/C16H22N2O2S.ClH/c17-16(6-7-16)15(19)18-13-3-1-2-12(10-13)11-21-14-4-8-20-9-5-14;/h1-3,10,14H,4-9,11,17H2,(H,18,19);1H. The van der Waals surface area contributed by atoms with Crippen LogP contribution in [0.25, 0.3) is 0 Å². The Bertz CT molecular complexity index is 517. The Balaban J connectivity index is 0.00000176. The van der Waals surface area contributed by atoms with Crippen LogP contribution in [-0.4, -0.2) is 29.9 Å². The summed E-state index contributed by atoms with van der Waals surface area (Å²) in [5, 5.41) is 3.62. The van der Waals surface area contributed by atoms with Crippen molar-refractivity contribution in [2.45, 2.75) is 42.2 Å². The number of thioether (sulfide) groups is 1. The summed E-state index contributed by atoms with van der Waals surface area (Å²) >= 11 is 1.98. The molecule has 6 heteroatoms. The number of benzene rings is 1. The van der Waals surface area contributed by atoms with E-state index in [2.05, 4.69) is 17.4 Å². The maximum atomic E-state index is 12.0. The molecule has 0 aromatic heterocycles. The zero-order chi connectivity index (χ0) is 14.7. The third-order valence-corrected chi connectivity index (χ3v) is 5.52. The van der Waals surface area contributed by atoms with E-state index in [1.807, 2.05) is 23.9 Å². The van der Waals surface area contributed by atoms with E-state index in [-0.39, 0.29) is 18.3 Å². The normalized spacial score (nSPS) is 20.0. The average molecular weight is 343 g/mol. The number of anilines is 1. The molecule has 2 fully saturated rings. The Morgan fingerprint density at radius 1 is 1.36 bits per heavy atom. The maximum Gasteiger partial charge on any atom is 0.244 e. The van der Waals surface area contributed by atoms with E-state index in [9.17, 15) is 4.79 Å². The zero-order valence-electron chi connectivity index (χ0n) is 12.5. The Kier molecular flexibility index (Phi) is 6.15. The molecule has 0 atom stereocenters. The van der Waals surface area contributed by atoms with E-state index in [0.717, 1.165) is 50.3 Å². The molecule has 22 heavy (non-hydrogen) atoms. The van der Waals surface area contributed by atoms with Gasteiger partial charge in [-0.15, -0.1) is 12.4 Å². The molecule has 0 bridgehead atoms. The van der Waals surface area contributed by atoms with Gasteiger partial charge in [0.2, 0.25) is 5.91 Å². The van der Waals surface area contributed by atoms with Crippen molar-refractivity contribution in [1.82, 2.24) is 0 Å². The molecule has 2 aliphatic rings. The van der Waals surface area contributed by atoms with Crippen LogP contribution in [0.5, 0.6) is 0 Å². The lowest BCUT2D eigenvalue weighted by molar-refractivity contribution is -0.118. The molecular weight excluding hydrogens is 320 g/mol. The van der Waals surface area contributed by atoms with Gasteiger partial charge in [-0.25, -0.2) is 0 Å². The van der Waals surface area contributed by atoms with Gasteiger partial charge in [-0.3, -0.25) is 4.79 Å². The number of nitrogens with one attached hydrogen (secondary N) is 1. The molecule has 4 nitrogen and oxygen atoms in total. The summed E-state index contributed by atoms with van der Waals surface area (Å²) in [6, 6.07) is 8.07. The zero-order valence-corrected chi connectivity index (χ0v) is 14.2. The molecule has 1 aromatic carbocycles. The molecular formula is C16H23ClN2O2S. The molecule has 1 saturated heterocycles. The van der Waals surface area contributed by atoms with Crippen LogP contribution in [0.1, 0.15) is 31.2 Å². The Morgan fingerprint density at radius 2 is 2.09 bits per heavy atom. The van der Waals surface area contributed by atoms with Crippen LogP contribution < -0.4 is 11.1 Å². The van der Waals surface area contributed by atoms with Crippen molar-refractivity contribution in [1.29, 1.82) is 0 Å². The van der Waals surface area contributed by atoms with Gasteiger partial charge in [-0.2, -0.15) is 11.8 Å². The lowest BCUT2D eigenvalue weighted by atomic mass is 10.2. The van der Waals surface area contributed by atoms with Crippen molar-refractivity contribution >= 4 is 35.8 Å². The molecule has 0 unspecified atom stereocenters. The van der Waals surface area contributed by atoms with Gasteiger partial charge in [-0.1, -0.05) is 12.1 Å². The molecule has 1 saturated carbocycles. The largest absolute Gasteiger partial charge is 0.381 e. The second kappa shape index (κ2) is 7.68. The Hall–Kier alpha value is -0.750. The number of halogens is 1. The number of ether oxygens (including phenoxy) is 1. The van der Waals surface area contributed by atoms with Gasteiger partial charge in [0.1, 0.15) is 0 Å². The van der Waals surface area contributed by atoms with Gasteiger partial charge >= 0.3 is 0 Å².